The third-order valence-corrected chi connectivity index (χ3v) is 3.96. The van der Waals surface area contributed by atoms with Crippen LogP contribution in [0.1, 0.15) is 15.9 Å². The number of alkyl halides is 3. The molecule has 1 N–H and O–H groups in total. The lowest BCUT2D eigenvalue weighted by atomic mass is 9.97. The Hall–Kier alpha value is -2.62. The molecule has 0 spiro atoms. The van der Waals surface area contributed by atoms with E-state index in [4.69, 9.17) is 0 Å². The molecule has 0 radical (unpaired) electrons. The Balaban J connectivity index is 2.27. The maximum absolute atomic E-state index is 14.3. The third-order valence-electron chi connectivity index (χ3n) is 3.40. The Morgan fingerprint density at radius 3 is 2.26 bits per heavy atom. The van der Waals surface area contributed by atoms with Gasteiger partial charge in [-0.15, -0.1) is 0 Å². The van der Waals surface area contributed by atoms with Crippen molar-refractivity contribution in [1.29, 1.82) is 0 Å². The smallest absolute Gasteiger partial charge is 0.422 e. The lowest BCUT2D eigenvalue weighted by Crippen LogP contribution is -2.30. The molecule has 2 aromatic rings. The van der Waals surface area contributed by atoms with E-state index >= 15 is 0 Å². The van der Waals surface area contributed by atoms with Crippen molar-refractivity contribution in [1.82, 2.24) is 4.72 Å². The van der Waals surface area contributed by atoms with Crippen molar-refractivity contribution in [3.05, 3.63) is 53.3 Å². The van der Waals surface area contributed by atoms with Gasteiger partial charge in [0, 0.05) is 0 Å². The van der Waals surface area contributed by atoms with E-state index in [1.54, 1.807) is 11.6 Å². The third kappa shape index (κ3) is 5.95. The summed E-state index contributed by atoms with van der Waals surface area (Å²) in [7, 11) is -3.84. The van der Waals surface area contributed by atoms with E-state index in [0.29, 0.717) is 16.7 Å². The van der Waals surface area contributed by atoms with Crippen LogP contribution in [0, 0.1) is 12.7 Å². The molecule has 0 atom stereocenters. The van der Waals surface area contributed by atoms with Gasteiger partial charge in [-0.3, -0.25) is 4.79 Å². The van der Waals surface area contributed by atoms with Crippen LogP contribution in [0.3, 0.4) is 0 Å². The predicted molar refractivity (Wildman–Crippen MR) is 90.4 cm³/mol. The molecular formula is C17H15F4NO4S. The molecule has 146 valence electrons. The number of nitrogens with one attached hydrogen (secondary N) is 1. The molecule has 1 amide bonds. The van der Waals surface area contributed by atoms with Crippen LogP contribution in [0.25, 0.3) is 11.1 Å². The SMILES string of the molecule is Cc1cc(C(=O)NS(C)(=O)=O)c(F)cc1-c1ccc(OCC(F)(F)F)cc1. The maximum atomic E-state index is 14.3. The second kappa shape index (κ2) is 7.55. The van der Waals surface area contributed by atoms with Crippen molar-refractivity contribution < 1.29 is 35.5 Å². The largest absolute Gasteiger partial charge is 0.484 e. The van der Waals surface area contributed by atoms with Crippen LogP contribution in [-0.2, 0) is 10.0 Å². The van der Waals surface area contributed by atoms with Gasteiger partial charge in [-0.1, -0.05) is 12.1 Å². The number of aryl methyl sites for hydroxylation is 1. The molecule has 27 heavy (non-hydrogen) atoms. The zero-order chi connectivity index (χ0) is 20.4. The first-order chi connectivity index (χ1) is 12.4. The average Bonchev–Trinajstić information content (AvgIpc) is 2.53. The van der Waals surface area contributed by atoms with Gasteiger partial charge >= 0.3 is 6.18 Å². The van der Waals surface area contributed by atoms with Crippen molar-refractivity contribution in [3.63, 3.8) is 0 Å². The second-order valence-corrected chi connectivity index (χ2v) is 7.53. The van der Waals surface area contributed by atoms with Crippen LogP contribution in [0.15, 0.2) is 36.4 Å². The number of carbonyl (C=O) groups excluding carboxylic acids is 1. The van der Waals surface area contributed by atoms with Crippen LogP contribution >= 0.6 is 0 Å². The molecule has 0 heterocycles. The normalized spacial score (nSPS) is 11.9. The van der Waals surface area contributed by atoms with Gasteiger partial charge in [-0.05, 0) is 47.9 Å². The quantitative estimate of drug-likeness (QED) is 0.774. The van der Waals surface area contributed by atoms with Crippen molar-refractivity contribution >= 4 is 15.9 Å². The first-order valence-corrected chi connectivity index (χ1v) is 9.37. The summed E-state index contributed by atoms with van der Waals surface area (Å²) in [5, 5.41) is 0. The van der Waals surface area contributed by atoms with Crippen LogP contribution in [0.2, 0.25) is 0 Å². The monoisotopic (exact) mass is 405 g/mol. The molecule has 0 aliphatic heterocycles. The average molecular weight is 405 g/mol. The summed E-state index contributed by atoms with van der Waals surface area (Å²) in [5.41, 5.74) is 0.914. The molecule has 10 heteroatoms. The van der Waals surface area contributed by atoms with Crippen LogP contribution in [-0.4, -0.2) is 33.4 Å². The molecule has 0 aliphatic rings. The molecule has 0 saturated carbocycles. The van der Waals surface area contributed by atoms with E-state index in [2.05, 4.69) is 4.74 Å². The number of benzene rings is 2. The van der Waals surface area contributed by atoms with Crippen molar-refractivity contribution in [3.8, 4) is 16.9 Å². The molecule has 0 aliphatic carbocycles. The number of rotatable bonds is 5. The first-order valence-electron chi connectivity index (χ1n) is 7.48. The van der Waals surface area contributed by atoms with Gasteiger partial charge in [-0.25, -0.2) is 17.5 Å². The summed E-state index contributed by atoms with van der Waals surface area (Å²) in [6.07, 6.45) is -3.69. The molecule has 5 nitrogen and oxygen atoms in total. The van der Waals surface area contributed by atoms with Gasteiger partial charge in [-0.2, -0.15) is 13.2 Å². The van der Waals surface area contributed by atoms with Gasteiger partial charge in [0.15, 0.2) is 6.61 Å². The topological polar surface area (TPSA) is 72.5 Å². The number of ether oxygens (including phenoxy) is 1. The van der Waals surface area contributed by atoms with E-state index in [0.717, 1.165) is 12.3 Å². The van der Waals surface area contributed by atoms with E-state index in [1.165, 1.54) is 30.3 Å². The van der Waals surface area contributed by atoms with E-state index < -0.39 is 40.1 Å². The Kier molecular flexibility index (Phi) is 5.79. The minimum Gasteiger partial charge on any atom is -0.484 e. The molecule has 0 bridgehead atoms. The Labute approximate surface area is 153 Å². The van der Waals surface area contributed by atoms with Gasteiger partial charge in [0.25, 0.3) is 5.91 Å². The summed E-state index contributed by atoms with van der Waals surface area (Å²) in [6, 6.07) is 7.76. The summed E-state index contributed by atoms with van der Waals surface area (Å²) in [6.45, 7) is 0.157. The molecule has 0 saturated heterocycles. The van der Waals surface area contributed by atoms with Crippen LogP contribution in [0.4, 0.5) is 17.6 Å². The highest BCUT2D eigenvalue weighted by molar-refractivity contribution is 7.89. The fourth-order valence-electron chi connectivity index (χ4n) is 2.29. The predicted octanol–water partition coefficient (Wildman–Crippen LogP) is 3.43. The second-order valence-electron chi connectivity index (χ2n) is 5.78. The van der Waals surface area contributed by atoms with Crippen LogP contribution in [0.5, 0.6) is 5.75 Å². The van der Waals surface area contributed by atoms with Gasteiger partial charge in [0.05, 0.1) is 11.8 Å². The zero-order valence-corrected chi connectivity index (χ0v) is 15.0. The fraction of sp³-hybridized carbons (Fsp3) is 0.235. The number of halogens is 4. The first kappa shape index (κ1) is 20.7. The zero-order valence-electron chi connectivity index (χ0n) is 14.2. The van der Waals surface area contributed by atoms with Crippen molar-refractivity contribution in [2.45, 2.75) is 13.1 Å². The molecular weight excluding hydrogens is 390 g/mol. The standard InChI is InChI=1S/C17H15F4NO4S/c1-10-7-14(16(23)22-27(2,24)25)15(18)8-13(10)11-3-5-12(6-4-11)26-9-17(19,20)21/h3-8H,9H2,1-2H3,(H,22,23). The van der Waals surface area contributed by atoms with Crippen molar-refractivity contribution in [2.24, 2.45) is 0 Å². The number of hydrogen-bond donors (Lipinski definition) is 1. The minimum atomic E-state index is -4.46. The minimum absolute atomic E-state index is 0.00153. The highest BCUT2D eigenvalue weighted by atomic mass is 32.2. The highest BCUT2D eigenvalue weighted by Gasteiger charge is 2.28. The Bertz CT molecular complexity index is 954. The lowest BCUT2D eigenvalue weighted by molar-refractivity contribution is -0.153. The molecule has 0 aromatic heterocycles. The summed E-state index contributed by atoms with van der Waals surface area (Å²) < 4.78 is 79.2. The van der Waals surface area contributed by atoms with E-state index in [-0.39, 0.29) is 5.75 Å². The van der Waals surface area contributed by atoms with Gasteiger partial charge < -0.3 is 4.74 Å². The maximum Gasteiger partial charge on any atom is 0.422 e. The molecule has 0 unspecified atom stereocenters. The molecule has 2 rings (SSSR count). The summed E-state index contributed by atoms with van der Waals surface area (Å²) in [5.74, 6) is -2.03. The van der Waals surface area contributed by atoms with E-state index in [1.807, 2.05) is 0 Å². The Morgan fingerprint density at radius 1 is 1.15 bits per heavy atom. The van der Waals surface area contributed by atoms with Crippen LogP contribution < -0.4 is 9.46 Å². The number of sulfonamides is 1. The number of amides is 1. The number of carbonyl (C=O) groups is 1. The van der Waals surface area contributed by atoms with E-state index in [9.17, 15) is 30.8 Å². The highest BCUT2D eigenvalue weighted by Crippen LogP contribution is 2.28. The summed E-state index contributed by atoms with van der Waals surface area (Å²) in [4.78, 5) is 11.8. The molecule has 0 fully saturated rings. The number of hydrogen-bond acceptors (Lipinski definition) is 4. The van der Waals surface area contributed by atoms with Crippen molar-refractivity contribution in [2.75, 3.05) is 12.9 Å². The lowest BCUT2D eigenvalue weighted by Gasteiger charge is -2.12. The summed E-state index contributed by atoms with van der Waals surface area (Å²) >= 11 is 0. The van der Waals surface area contributed by atoms with Gasteiger partial charge in [0.1, 0.15) is 11.6 Å². The fourth-order valence-corrected chi connectivity index (χ4v) is 2.73. The van der Waals surface area contributed by atoms with Gasteiger partial charge in [0.2, 0.25) is 10.0 Å². The Morgan fingerprint density at radius 2 is 1.74 bits per heavy atom. The molecule has 2 aromatic carbocycles.